The average molecular weight is 941 g/mol. The molecule has 0 atom stereocenters. The Balaban J connectivity index is 1.86. The van der Waals surface area contributed by atoms with Gasteiger partial charge in [-0.1, -0.05) is 0 Å². The zero-order valence-corrected chi connectivity index (χ0v) is 36.0. The summed E-state index contributed by atoms with van der Waals surface area (Å²) in [5.41, 5.74) is 0.0608. The van der Waals surface area contributed by atoms with Gasteiger partial charge in [-0.15, -0.1) is 0 Å². The van der Waals surface area contributed by atoms with E-state index in [9.17, 15) is 47.9 Å². The van der Waals surface area contributed by atoms with Crippen molar-refractivity contribution in [2.24, 2.45) is 0 Å². The molecule has 0 bridgehead atoms. The van der Waals surface area contributed by atoms with Crippen LogP contribution in [-0.4, -0.2) is 161 Å². The predicted molar refractivity (Wildman–Crippen MR) is 207 cm³/mol. The number of hydrogen-bond acceptors (Lipinski definition) is 28. The van der Waals surface area contributed by atoms with Crippen LogP contribution in [0.25, 0.3) is 22.9 Å². The second kappa shape index (κ2) is 27.3. The highest BCUT2D eigenvalue weighted by Gasteiger charge is 2.26. The lowest BCUT2D eigenvalue weighted by atomic mass is 10.2. The SMILES string of the molecule is CC(=O)OCOC(=O)CN(CCOCCOc1cc2nc(-c3ncc(C(=O)OCOC(C)=O)o3)oc2cc1N(CC(=O)OCOC(C)=O)CC(=O)OCOC(C)=O)CC(=O)OCOC(C)=O. The number of benzene rings is 1. The van der Waals surface area contributed by atoms with Gasteiger partial charge in [0.05, 0.1) is 38.2 Å². The minimum atomic E-state index is -1.03. The van der Waals surface area contributed by atoms with Crippen molar-refractivity contribution >= 4 is 76.5 Å². The van der Waals surface area contributed by atoms with Crippen molar-refractivity contribution in [3.8, 4) is 17.5 Å². The van der Waals surface area contributed by atoms with Crippen LogP contribution in [0.2, 0.25) is 0 Å². The van der Waals surface area contributed by atoms with Crippen LogP contribution in [0, 0.1) is 0 Å². The Morgan fingerprint density at radius 1 is 0.530 bits per heavy atom. The molecule has 0 radical (unpaired) electrons. The summed E-state index contributed by atoms with van der Waals surface area (Å²) in [6.07, 6.45) is 0.999. The summed E-state index contributed by atoms with van der Waals surface area (Å²) in [5, 5.41) is 0. The molecule has 2 aromatic heterocycles. The standard InChI is InChI=1S/C38H44N4O24/c1-22(43)55-17-60-32(48)13-41(14-33(49)61-18-56-23(2)44)6-7-53-8-9-54-30-10-27-29(65-37(40-27)36-39-12-31(66-36)38(52)64-21-59-26(5)47)11-28(30)42(15-34(50)62-19-57-24(3)45)16-35(51)63-20-58-25(4)46/h10-12H,6-9,13-21H2,1-5H3. The molecule has 0 saturated carbocycles. The molecule has 3 aromatic rings. The fourth-order valence-corrected chi connectivity index (χ4v) is 4.62. The molecule has 0 amide bonds. The lowest BCUT2D eigenvalue weighted by Gasteiger charge is -2.25. The number of aromatic nitrogens is 2. The summed E-state index contributed by atoms with van der Waals surface area (Å²) in [4.78, 5) is 129. The number of ether oxygens (including phenoxy) is 12. The molecule has 0 aliphatic rings. The maximum atomic E-state index is 12.9. The lowest BCUT2D eigenvalue weighted by Crippen LogP contribution is -2.38. The van der Waals surface area contributed by atoms with Crippen LogP contribution in [0.1, 0.15) is 45.2 Å². The molecule has 3 rings (SSSR count). The van der Waals surface area contributed by atoms with Crippen molar-refractivity contribution in [3.05, 3.63) is 24.1 Å². The van der Waals surface area contributed by atoms with E-state index >= 15 is 0 Å². The highest BCUT2D eigenvalue weighted by atomic mass is 16.7. The van der Waals surface area contributed by atoms with Gasteiger partial charge in [-0.2, -0.15) is 0 Å². The number of nitrogens with zero attached hydrogens (tertiary/aromatic N) is 4. The number of rotatable bonds is 28. The number of anilines is 1. The summed E-state index contributed by atoms with van der Waals surface area (Å²) in [6, 6.07) is 2.64. The number of fused-ring (bicyclic) bond motifs is 1. The van der Waals surface area contributed by atoms with Gasteiger partial charge in [0, 0.05) is 53.3 Å². The van der Waals surface area contributed by atoms with E-state index in [1.165, 1.54) is 17.0 Å². The Bertz CT molecular complexity index is 2130. The van der Waals surface area contributed by atoms with Gasteiger partial charge in [-0.25, -0.2) is 14.8 Å². The number of carbonyl (C=O) groups is 10. The Kier molecular flexibility index (Phi) is 21.7. The van der Waals surface area contributed by atoms with Crippen molar-refractivity contribution in [2.45, 2.75) is 34.6 Å². The van der Waals surface area contributed by atoms with E-state index in [4.69, 9.17) is 42.0 Å². The van der Waals surface area contributed by atoms with Crippen LogP contribution in [0.4, 0.5) is 5.69 Å². The topological polar surface area (TPSA) is 340 Å². The van der Waals surface area contributed by atoms with Gasteiger partial charge in [0.15, 0.2) is 5.58 Å². The summed E-state index contributed by atoms with van der Waals surface area (Å²) in [7, 11) is 0. The van der Waals surface area contributed by atoms with Gasteiger partial charge < -0.3 is 70.6 Å². The van der Waals surface area contributed by atoms with Crippen LogP contribution >= 0.6 is 0 Å². The predicted octanol–water partition coefficient (Wildman–Crippen LogP) is -0.0808. The van der Waals surface area contributed by atoms with E-state index in [1.807, 2.05) is 0 Å². The molecule has 28 nitrogen and oxygen atoms in total. The fraction of sp³-hybridized carbons (Fsp3) is 0.474. The zero-order valence-electron chi connectivity index (χ0n) is 36.0. The third-order valence-corrected chi connectivity index (χ3v) is 7.46. The van der Waals surface area contributed by atoms with Crippen LogP contribution < -0.4 is 9.64 Å². The van der Waals surface area contributed by atoms with Crippen molar-refractivity contribution in [3.63, 3.8) is 0 Å². The van der Waals surface area contributed by atoms with Crippen LogP contribution in [0.15, 0.2) is 27.2 Å². The first kappa shape index (κ1) is 52.5. The number of hydrogen-bond donors (Lipinski definition) is 0. The van der Waals surface area contributed by atoms with E-state index in [0.29, 0.717) is 0 Å². The minimum Gasteiger partial charge on any atom is -0.489 e. The minimum absolute atomic E-state index is 0.00907. The molecular formula is C38H44N4O24. The first-order valence-corrected chi connectivity index (χ1v) is 18.9. The van der Waals surface area contributed by atoms with E-state index in [1.54, 1.807) is 0 Å². The second-order valence-electron chi connectivity index (χ2n) is 12.6. The first-order valence-electron chi connectivity index (χ1n) is 18.9. The largest absolute Gasteiger partial charge is 0.489 e. The number of esters is 10. The summed E-state index contributed by atoms with van der Waals surface area (Å²) < 4.78 is 70.4. The summed E-state index contributed by atoms with van der Waals surface area (Å²) in [5.74, 6) is -9.40. The van der Waals surface area contributed by atoms with Gasteiger partial charge in [-0.05, 0) is 0 Å². The molecule has 360 valence electrons. The molecular weight excluding hydrogens is 896 g/mol. The maximum Gasteiger partial charge on any atom is 0.378 e. The Morgan fingerprint density at radius 3 is 1.48 bits per heavy atom. The molecule has 0 fully saturated rings. The van der Waals surface area contributed by atoms with Gasteiger partial charge in [-0.3, -0.25) is 48.1 Å². The maximum absolute atomic E-state index is 12.9. The molecule has 1 aromatic carbocycles. The lowest BCUT2D eigenvalue weighted by molar-refractivity contribution is -0.170. The molecule has 28 heteroatoms. The summed E-state index contributed by atoms with van der Waals surface area (Å²) >= 11 is 0. The van der Waals surface area contributed by atoms with Crippen LogP contribution in [-0.2, 0) is 95.3 Å². The van der Waals surface area contributed by atoms with E-state index in [2.05, 4.69) is 33.7 Å². The van der Waals surface area contributed by atoms with Gasteiger partial charge in [0.25, 0.3) is 11.8 Å². The smallest absolute Gasteiger partial charge is 0.378 e. The van der Waals surface area contributed by atoms with Crippen molar-refractivity contribution in [1.82, 2.24) is 14.9 Å². The molecule has 0 N–H and O–H groups in total. The summed E-state index contributed by atoms with van der Waals surface area (Å²) in [6.45, 7) is -1.05. The molecule has 2 heterocycles. The van der Waals surface area contributed by atoms with E-state index in [-0.39, 0.29) is 60.7 Å². The average Bonchev–Trinajstić information content (AvgIpc) is 3.88. The second-order valence-corrected chi connectivity index (χ2v) is 12.6. The quantitative estimate of drug-likeness (QED) is 0.0397. The third kappa shape index (κ3) is 20.1. The number of carbonyl (C=O) groups excluding carboxylic acids is 10. The monoisotopic (exact) mass is 940 g/mol. The Hall–Kier alpha value is -7.88. The zero-order chi connectivity index (χ0) is 48.6. The molecule has 0 aliphatic heterocycles. The van der Waals surface area contributed by atoms with E-state index < -0.39 is 126 Å². The fourth-order valence-electron chi connectivity index (χ4n) is 4.62. The van der Waals surface area contributed by atoms with Gasteiger partial charge in [0.1, 0.15) is 31.0 Å². The Morgan fingerprint density at radius 2 is 1.00 bits per heavy atom. The van der Waals surface area contributed by atoms with Gasteiger partial charge in [0.2, 0.25) is 39.7 Å². The van der Waals surface area contributed by atoms with Crippen LogP contribution in [0.5, 0.6) is 5.75 Å². The first-order chi connectivity index (χ1) is 31.4. The van der Waals surface area contributed by atoms with Crippen molar-refractivity contribution in [2.75, 3.05) is 91.4 Å². The van der Waals surface area contributed by atoms with Crippen molar-refractivity contribution < 1.29 is 114 Å². The molecule has 0 unspecified atom stereocenters. The highest BCUT2D eigenvalue weighted by molar-refractivity contribution is 5.89. The molecule has 0 saturated heterocycles. The third-order valence-electron chi connectivity index (χ3n) is 7.46. The molecule has 0 spiro atoms. The Labute approximate surface area is 372 Å². The normalized spacial score (nSPS) is 10.6. The van der Waals surface area contributed by atoms with E-state index in [0.717, 1.165) is 45.7 Å². The van der Waals surface area contributed by atoms with Gasteiger partial charge >= 0.3 is 59.7 Å². The molecule has 66 heavy (non-hydrogen) atoms. The molecule has 0 aliphatic carbocycles. The number of oxazole rings is 2. The van der Waals surface area contributed by atoms with Crippen molar-refractivity contribution in [1.29, 1.82) is 0 Å². The highest BCUT2D eigenvalue weighted by Crippen LogP contribution is 2.36. The van der Waals surface area contributed by atoms with Crippen LogP contribution in [0.3, 0.4) is 0 Å².